The van der Waals surface area contributed by atoms with Crippen LogP contribution in [0.15, 0.2) is 48.5 Å². The number of hydrogen-bond acceptors (Lipinski definition) is 3. The van der Waals surface area contributed by atoms with Gasteiger partial charge in [-0.1, -0.05) is 41.4 Å². The largest absolute Gasteiger partial charge is 0.354 e. The van der Waals surface area contributed by atoms with Crippen molar-refractivity contribution in [1.82, 2.24) is 5.32 Å². The third kappa shape index (κ3) is 6.26. The van der Waals surface area contributed by atoms with Crippen LogP contribution >= 0.6 is 11.6 Å². The van der Waals surface area contributed by atoms with E-state index in [4.69, 9.17) is 11.6 Å². The van der Waals surface area contributed by atoms with Crippen molar-refractivity contribution in [3.8, 4) is 0 Å². The molecule has 0 bridgehead atoms. The fourth-order valence-electron chi connectivity index (χ4n) is 2.92. The molecule has 27 heavy (non-hydrogen) atoms. The van der Waals surface area contributed by atoms with Crippen molar-refractivity contribution in [2.24, 2.45) is 0 Å². The normalized spacial score (nSPS) is 12.4. The van der Waals surface area contributed by atoms with E-state index in [1.807, 2.05) is 19.1 Å². The highest BCUT2D eigenvalue weighted by molar-refractivity contribution is 7.92. The van der Waals surface area contributed by atoms with Crippen molar-refractivity contribution in [3.63, 3.8) is 0 Å². The molecular formula is C20H25ClN2O3S. The maximum absolute atomic E-state index is 12.5. The summed E-state index contributed by atoms with van der Waals surface area (Å²) in [6, 6.07) is 13.8. The number of nitrogens with one attached hydrogen (secondary N) is 1. The van der Waals surface area contributed by atoms with E-state index in [1.165, 1.54) is 11.1 Å². The predicted octanol–water partition coefficient (Wildman–Crippen LogP) is 3.55. The summed E-state index contributed by atoms with van der Waals surface area (Å²) in [4.78, 5) is 12.5. The number of rotatable bonds is 8. The number of amides is 1. The molecule has 0 aromatic heterocycles. The van der Waals surface area contributed by atoms with Gasteiger partial charge >= 0.3 is 0 Å². The smallest absolute Gasteiger partial charge is 0.243 e. The second-order valence-corrected chi connectivity index (χ2v) is 8.89. The molecule has 0 fully saturated rings. The van der Waals surface area contributed by atoms with Crippen LogP contribution in [0.4, 0.5) is 5.69 Å². The lowest BCUT2D eigenvalue weighted by Crippen LogP contribution is -2.48. The summed E-state index contributed by atoms with van der Waals surface area (Å²) >= 11 is 5.87. The van der Waals surface area contributed by atoms with Gasteiger partial charge in [0.05, 0.1) is 11.9 Å². The summed E-state index contributed by atoms with van der Waals surface area (Å²) in [5.41, 5.74) is 2.83. The summed E-state index contributed by atoms with van der Waals surface area (Å²) < 4.78 is 25.6. The highest BCUT2D eigenvalue weighted by Crippen LogP contribution is 2.23. The zero-order valence-electron chi connectivity index (χ0n) is 15.8. The number of benzene rings is 2. The Morgan fingerprint density at radius 3 is 2.44 bits per heavy atom. The number of halogens is 1. The summed E-state index contributed by atoms with van der Waals surface area (Å²) in [7, 11) is -3.62. The van der Waals surface area contributed by atoms with Crippen molar-refractivity contribution in [3.05, 3.63) is 64.7 Å². The standard InChI is InChI=1S/C20H25ClN2O3S/c1-15-6-4-7-17(14-15)8-5-13-22-20(24)16(2)23(27(3,25)26)19-11-9-18(21)10-12-19/h4,6-7,9-12,14,16H,5,8,13H2,1-3H3,(H,22,24)/t16-/m0/s1. The summed E-state index contributed by atoms with van der Waals surface area (Å²) in [6.07, 6.45) is 2.72. The molecule has 0 aliphatic heterocycles. The second kappa shape index (κ2) is 9.24. The van der Waals surface area contributed by atoms with Crippen LogP contribution in [0, 0.1) is 6.92 Å². The Morgan fingerprint density at radius 1 is 1.19 bits per heavy atom. The minimum atomic E-state index is -3.62. The number of nitrogens with zero attached hydrogens (tertiary/aromatic N) is 1. The molecule has 0 spiro atoms. The molecule has 1 N–H and O–H groups in total. The van der Waals surface area contributed by atoms with Crippen LogP contribution in [0.5, 0.6) is 0 Å². The van der Waals surface area contributed by atoms with E-state index in [9.17, 15) is 13.2 Å². The Balaban J connectivity index is 1.97. The average molecular weight is 409 g/mol. The van der Waals surface area contributed by atoms with Gasteiger partial charge in [-0.25, -0.2) is 8.42 Å². The fraction of sp³-hybridized carbons (Fsp3) is 0.350. The lowest BCUT2D eigenvalue weighted by Gasteiger charge is -2.28. The first-order valence-corrected chi connectivity index (χ1v) is 11.0. The van der Waals surface area contributed by atoms with Crippen molar-refractivity contribution in [1.29, 1.82) is 0 Å². The molecule has 2 rings (SSSR count). The minimum absolute atomic E-state index is 0.334. The number of anilines is 1. The molecule has 0 radical (unpaired) electrons. The lowest BCUT2D eigenvalue weighted by molar-refractivity contribution is -0.121. The molecule has 1 amide bonds. The molecule has 146 valence electrons. The molecule has 0 saturated heterocycles. The number of sulfonamides is 1. The van der Waals surface area contributed by atoms with Gasteiger partial charge in [0.25, 0.3) is 0 Å². The van der Waals surface area contributed by atoms with E-state index < -0.39 is 16.1 Å². The van der Waals surface area contributed by atoms with Gasteiger partial charge in [0, 0.05) is 11.6 Å². The topological polar surface area (TPSA) is 66.5 Å². The molecule has 2 aromatic rings. The molecule has 7 heteroatoms. The Hall–Kier alpha value is -2.05. The summed E-state index contributed by atoms with van der Waals surface area (Å²) in [5, 5.41) is 3.33. The highest BCUT2D eigenvalue weighted by atomic mass is 35.5. The predicted molar refractivity (Wildman–Crippen MR) is 111 cm³/mol. The summed E-state index contributed by atoms with van der Waals surface area (Å²) in [6.45, 7) is 4.10. The van der Waals surface area contributed by atoms with Gasteiger partial charge in [-0.3, -0.25) is 9.10 Å². The van der Waals surface area contributed by atoms with Gasteiger partial charge in [-0.15, -0.1) is 0 Å². The van der Waals surface area contributed by atoms with Crippen molar-refractivity contribution in [2.45, 2.75) is 32.7 Å². The average Bonchev–Trinajstić information content (AvgIpc) is 2.59. The minimum Gasteiger partial charge on any atom is -0.354 e. The zero-order valence-corrected chi connectivity index (χ0v) is 17.3. The van der Waals surface area contributed by atoms with Crippen molar-refractivity contribution >= 4 is 33.2 Å². The van der Waals surface area contributed by atoms with Gasteiger partial charge in [-0.05, 0) is 56.5 Å². The van der Waals surface area contributed by atoms with Crippen LogP contribution < -0.4 is 9.62 Å². The van der Waals surface area contributed by atoms with E-state index in [2.05, 4.69) is 17.4 Å². The molecule has 0 unspecified atom stereocenters. The van der Waals surface area contributed by atoms with Crippen molar-refractivity contribution < 1.29 is 13.2 Å². The lowest BCUT2D eigenvalue weighted by atomic mass is 10.1. The van der Waals surface area contributed by atoms with Crippen LogP contribution in [0.1, 0.15) is 24.5 Å². The van der Waals surface area contributed by atoms with Gasteiger partial charge in [0.2, 0.25) is 15.9 Å². The van der Waals surface area contributed by atoms with E-state index >= 15 is 0 Å². The van der Waals surface area contributed by atoms with E-state index in [1.54, 1.807) is 31.2 Å². The molecular weight excluding hydrogens is 384 g/mol. The first-order chi connectivity index (χ1) is 12.7. The van der Waals surface area contributed by atoms with Crippen LogP contribution in [0.2, 0.25) is 5.02 Å². The van der Waals surface area contributed by atoms with E-state index in [-0.39, 0.29) is 5.91 Å². The van der Waals surface area contributed by atoms with E-state index in [0.29, 0.717) is 17.3 Å². The Kier molecular flexibility index (Phi) is 7.27. The highest BCUT2D eigenvalue weighted by Gasteiger charge is 2.28. The van der Waals surface area contributed by atoms with Crippen molar-refractivity contribution in [2.75, 3.05) is 17.1 Å². The third-order valence-electron chi connectivity index (χ3n) is 4.19. The van der Waals surface area contributed by atoms with Crippen LogP contribution in [0.3, 0.4) is 0 Å². The SMILES string of the molecule is Cc1cccc(CCCNC(=O)[C@H](C)N(c2ccc(Cl)cc2)S(C)(=O)=O)c1. The van der Waals surface area contributed by atoms with Gasteiger partial charge in [-0.2, -0.15) is 0 Å². The Labute approximate surface area is 166 Å². The third-order valence-corrected chi connectivity index (χ3v) is 5.69. The first kappa shape index (κ1) is 21.3. The molecule has 0 aliphatic carbocycles. The van der Waals surface area contributed by atoms with Gasteiger partial charge in [0.1, 0.15) is 6.04 Å². The molecule has 0 heterocycles. The van der Waals surface area contributed by atoms with Gasteiger partial charge < -0.3 is 5.32 Å². The Morgan fingerprint density at radius 2 is 1.85 bits per heavy atom. The maximum atomic E-state index is 12.5. The molecule has 0 saturated carbocycles. The quantitative estimate of drug-likeness (QED) is 0.679. The van der Waals surface area contributed by atoms with Gasteiger partial charge in [0.15, 0.2) is 0 Å². The molecule has 1 atom stereocenters. The second-order valence-electron chi connectivity index (χ2n) is 6.59. The molecule has 5 nitrogen and oxygen atoms in total. The number of aryl methyl sites for hydroxylation is 2. The first-order valence-electron chi connectivity index (χ1n) is 8.76. The molecule has 0 aliphatic rings. The van der Waals surface area contributed by atoms with Crippen LogP contribution in [-0.4, -0.2) is 33.2 Å². The monoisotopic (exact) mass is 408 g/mol. The molecule has 2 aromatic carbocycles. The van der Waals surface area contributed by atoms with Crippen LogP contribution in [0.25, 0.3) is 0 Å². The zero-order chi connectivity index (χ0) is 20.0. The number of hydrogen-bond donors (Lipinski definition) is 1. The fourth-order valence-corrected chi connectivity index (χ4v) is 4.22. The Bertz CT molecular complexity index is 882. The number of carbonyl (C=O) groups is 1. The number of carbonyl (C=O) groups excluding carboxylic acids is 1. The van der Waals surface area contributed by atoms with Crippen LogP contribution in [-0.2, 0) is 21.2 Å². The van der Waals surface area contributed by atoms with E-state index in [0.717, 1.165) is 23.4 Å². The maximum Gasteiger partial charge on any atom is 0.243 e. The summed E-state index contributed by atoms with van der Waals surface area (Å²) in [5.74, 6) is -0.334.